The average molecular weight is 445 g/mol. The molecule has 33 heavy (non-hydrogen) atoms. The van der Waals surface area contributed by atoms with Crippen molar-refractivity contribution in [3.8, 4) is 11.5 Å². The molecule has 0 aliphatic heterocycles. The molecule has 1 amide bonds. The van der Waals surface area contributed by atoms with Gasteiger partial charge in [-0.1, -0.05) is 18.2 Å². The number of aryl methyl sites for hydroxylation is 1. The summed E-state index contributed by atoms with van der Waals surface area (Å²) in [7, 11) is 1.65. The number of rotatable bonds is 11. The number of fused-ring (bicyclic) bond motifs is 1. The molecule has 7 nitrogen and oxygen atoms in total. The van der Waals surface area contributed by atoms with Gasteiger partial charge in [-0.25, -0.2) is 4.98 Å². The van der Waals surface area contributed by atoms with Gasteiger partial charge in [0.15, 0.2) is 0 Å². The summed E-state index contributed by atoms with van der Waals surface area (Å²) in [6.45, 7) is 2.00. The SMILES string of the molecule is COc1cccc(OCCCCn2c(CCNC(=O)c3ccncc3)nc3ccccc32)c1. The van der Waals surface area contributed by atoms with Gasteiger partial charge in [-0.05, 0) is 49.2 Å². The lowest BCUT2D eigenvalue weighted by atomic mass is 10.2. The van der Waals surface area contributed by atoms with Crippen molar-refractivity contribution >= 4 is 16.9 Å². The van der Waals surface area contributed by atoms with Gasteiger partial charge in [0.2, 0.25) is 0 Å². The highest BCUT2D eigenvalue weighted by Crippen LogP contribution is 2.20. The lowest BCUT2D eigenvalue weighted by Gasteiger charge is -2.11. The van der Waals surface area contributed by atoms with Crippen LogP contribution in [0.2, 0.25) is 0 Å². The minimum Gasteiger partial charge on any atom is -0.497 e. The second kappa shape index (κ2) is 11.1. The second-order valence-corrected chi connectivity index (χ2v) is 7.64. The van der Waals surface area contributed by atoms with E-state index >= 15 is 0 Å². The number of aromatic nitrogens is 3. The third-order valence-electron chi connectivity index (χ3n) is 5.40. The highest BCUT2D eigenvalue weighted by atomic mass is 16.5. The maximum Gasteiger partial charge on any atom is 0.251 e. The fourth-order valence-corrected chi connectivity index (χ4v) is 3.71. The molecule has 4 aromatic rings. The lowest BCUT2D eigenvalue weighted by Crippen LogP contribution is -2.26. The molecular weight excluding hydrogens is 416 g/mol. The number of carbonyl (C=O) groups is 1. The number of pyridine rings is 1. The summed E-state index contributed by atoms with van der Waals surface area (Å²) in [6, 6.07) is 19.2. The number of unbranched alkanes of at least 4 members (excludes halogenated alkanes) is 1. The quantitative estimate of drug-likeness (QED) is 0.350. The van der Waals surface area contributed by atoms with Crippen LogP contribution < -0.4 is 14.8 Å². The molecule has 0 atom stereocenters. The first-order chi connectivity index (χ1) is 16.2. The Kier molecular flexibility index (Phi) is 7.53. The molecule has 0 radical (unpaired) electrons. The van der Waals surface area contributed by atoms with Gasteiger partial charge in [0.1, 0.15) is 17.3 Å². The Morgan fingerprint density at radius 3 is 2.67 bits per heavy atom. The van der Waals surface area contributed by atoms with Crippen molar-refractivity contribution in [2.24, 2.45) is 0 Å². The first kappa shape index (κ1) is 22.3. The molecule has 0 spiro atoms. The third kappa shape index (κ3) is 5.88. The smallest absolute Gasteiger partial charge is 0.251 e. The van der Waals surface area contributed by atoms with Gasteiger partial charge < -0.3 is 19.4 Å². The second-order valence-electron chi connectivity index (χ2n) is 7.64. The van der Waals surface area contributed by atoms with Crippen molar-refractivity contribution in [3.63, 3.8) is 0 Å². The Morgan fingerprint density at radius 2 is 1.82 bits per heavy atom. The van der Waals surface area contributed by atoms with E-state index in [1.165, 1.54) is 0 Å². The molecule has 2 aromatic heterocycles. The molecule has 0 unspecified atom stereocenters. The minimum atomic E-state index is -0.102. The molecule has 0 saturated carbocycles. The third-order valence-corrected chi connectivity index (χ3v) is 5.40. The zero-order valence-electron chi connectivity index (χ0n) is 18.7. The predicted molar refractivity (Wildman–Crippen MR) is 128 cm³/mol. The molecule has 0 fully saturated rings. The van der Waals surface area contributed by atoms with Crippen LogP contribution in [0.1, 0.15) is 29.0 Å². The fraction of sp³-hybridized carbons (Fsp3) is 0.269. The zero-order chi connectivity index (χ0) is 22.9. The summed E-state index contributed by atoms with van der Waals surface area (Å²) in [5, 5.41) is 2.97. The molecule has 0 aliphatic rings. The largest absolute Gasteiger partial charge is 0.497 e. The van der Waals surface area contributed by atoms with Gasteiger partial charge in [-0.3, -0.25) is 9.78 Å². The average Bonchev–Trinajstić information content (AvgIpc) is 3.21. The number of methoxy groups -OCH3 is 1. The number of benzene rings is 2. The number of para-hydroxylation sites is 2. The molecule has 170 valence electrons. The maximum absolute atomic E-state index is 12.3. The summed E-state index contributed by atoms with van der Waals surface area (Å²) in [5.41, 5.74) is 2.69. The van der Waals surface area contributed by atoms with Crippen LogP contribution in [0.3, 0.4) is 0 Å². The van der Waals surface area contributed by atoms with Crippen LogP contribution in [-0.2, 0) is 13.0 Å². The summed E-state index contributed by atoms with van der Waals surface area (Å²) in [6.07, 6.45) is 5.77. The Bertz CT molecular complexity index is 1190. The van der Waals surface area contributed by atoms with Gasteiger partial charge in [-0.2, -0.15) is 0 Å². The van der Waals surface area contributed by atoms with Crippen molar-refractivity contribution in [2.45, 2.75) is 25.8 Å². The Morgan fingerprint density at radius 1 is 1.00 bits per heavy atom. The van der Waals surface area contributed by atoms with Crippen molar-refractivity contribution in [3.05, 3.63) is 84.4 Å². The standard InChI is InChI=1S/C26H28N4O3/c1-32-21-7-6-8-22(19-21)33-18-5-4-17-30-24-10-3-2-9-23(24)29-25(30)13-16-28-26(31)20-11-14-27-15-12-20/h2-3,6-12,14-15,19H,4-5,13,16-18H2,1H3,(H,28,31). The summed E-state index contributed by atoms with van der Waals surface area (Å²) >= 11 is 0. The van der Waals surface area contributed by atoms with E-state index in [1.54, 1.807) is 31.6 Å². The molecule has 0 saturated heterocycles. The number of nitrogens with zero attached hydrogens (tertiary/aromatic N) is 3. The topological polar surface area (TPSA) is 78.3 Å². The Balaban J connectivity index is 1.32. The first-order valence-electron chi connectivity index (χ1n) is 11.1. The molecular formula is C26H28N4O3. The normalized spacial score (nSPS) is 10.8. The minimum absolute atomic E-state index is 0.102. The fourth-order valence-electron chi connectivity index (χ4n) is 3.71. The van der Waals surface area contributed by atoms with Crippen LogP contribution in [0.15, 0.2) is 73.1 Å². The van der Waals surface area contributed by atoms with E-state index in [1.807, 2.05) is 42.5 Å². The molecule has 2 aromatic carbocycles. The zero-order valence-corrected chi connectivity index (χ0v) is 18.7. The van der Waals surface area contributed by atoms with Crippen LogP contribution in [0.25, 0.3) is 11.0 Å². The summed E-state index contributed by atoms with van der Waals surface area (Å²) in [4.78, 5) is 21.1. The Labute approximate surface area is 193 Å². The number of hydrogen-bond donors (Lipinski definition) is 1. The van der Waals surface area contributed by atoms with Crippen molar-refractivity contribution < 1.29 is 14.3 Å². The van der Waals surface area contributed by atoms with Crippen molar-refractivity contribution in [2.75, 3.05) is 20.3 Å². The molecule has 4 rings (SSSR count). The van der Waals surface area contributed by atoms with Gasteiger partial charge in [-0.15, -0.1) is 0 Å². The van der Waals surface area contributed by atoms with E-state index in [-0.39, 0.29) is 5.91 Å². The monoisotopic (exact) mass is 444 g/mol. The van der Waals surface area contributed by atoms with Crippen LogP contribution in [0.4, 0.5) is 0 Å². The highest BCUT2D eigenvalue weighted by Gasteiger charge is 2.11. The first-order valence-corrected chi connectivity index (χ1v) is 11.1. The number of imidazole rings is 1. The van der Waals surface area contributed by atoms with Crippen molar-refractivity contribution in [1.29, 1.82) is 0 Å². The number of amides is 1. The van der Waals surface area contributed by atoms with E-state index in [0.29, 0.717) is 25.1 Å². The van der Waals surface area contributed by atoms with E-state index in [0.717, 1.165) is 47.7 Å². The Hall–Kier alpha value is -3.87. The van der Waals surface area contributed by atoms with Gasteiger partial charge in [0, 0.05) is 43.5 Å². The predicted octanol–water partition coefficient (Wildman–Crippen LogP) is 4.27. The van der Waals surface area contributed by atoms with Crippen LogP contribution in [0, 0.1) is 0 Å². The molecule has 7 heteroatoms. The maximum atomic E-state index is 12.3. The van der Waals surface area contributed by atoms with Crippen LogP contribution in [-0.4, -0.2) is 40.7 Å². The van der Waals surface area contributed by atoms with E-state index < -0.39 is 0 Å². The van der Waals surface area contributed by atoms with E-state index in [2.05, 4.69) is 20.9 Å². The van der Waals surface area contributed by atoms with E-state index in [4.69, 9.17) is 14.5 Å². The number of hydrogen-bond acceptors (Lipinski definition) is 5. The highest BCUT2D eigenvalue weighted by molar-refractivity contribution is 5.93. The number of ether oxygens (including phenoxy) is 2. The van der Waals surface area contributed by atoms with Crippen LogP contribution >= 0.6 is 0 Å². The summed E-state index contributed by atoms with van der Waals surface area (Å²) in [5.74, 6) is 2.47. The molecule has 0 bridgehead atoms. The lowest BCUT2D eigenvalue weighted by molar-refractivity contribution is 0.0953. The molecule has 2 heterocycles. The number of nitrogens with one attached hydrogen (secondary N) is 1. The number of carbonyl (C=O) groups excluding carboxylic acids is 1. The molecule has 1 N–H and O–H groups in total. The van der Waals surface area contributed by atoms with Crippen molar-refractivity contribution in [1.82, 2.24) is 19.9 Å². The summed E-state index contributed by atoms with van der Waals surface area (Å²) < 4.78 is 13.3. The van der Waals surface area contributed by atoms with Gasteiger partial charge in [0.25, 0.3) is 5.91 Å². The van der Waals surface area contributed by atoms with E-state index in [9.17, 15) is 4.79 Å². The van der Waals surface area contributed by atoms with Gasteiger partial charge >= 0.3 is 0 Å². The van der Waals surface area contributed by atoms with Crippen LogP contribution in [0.5, 0.6) is 11.5 Å². The van der Waals surface area contributed by atoms with Gasteiger partial charge in [0.05, 0.1) is 24.8 Å². The molecule has 0 aliphatic carbocycles.